The van der Waals surface area contributed by atoms with Crippen LogP contribution in [-0.2, 0) is 14.9 Å². The monoisotopic (exact) mass is 591 g/mol. The maximum Gasteiger partial charge on any atom is 0.267 e. The Kier molecular flexibility index (Phi) is 26.4. The number of carbonyl (C=O) groups is 1. The zero-order valence-electron chi connectivity index (χ0n) is 25.6. The molecule has 1 amide bonds. The van der Waals surface area contributed by atoms with E-state index in [1.165, 1.54) is 51.0 Å². The number of aliphatic hydroxyl groups is 1. The third kappa shape index (κ3) is 29.1. The van der Waals surface area contributed by atoms with Crippen LogP contribution in [0.25, 0.3) is 0 Å². The van der Waals surface area contributed by atoms with Gasteiger partial charge in [-0.1, -0.05) is 125 Å². The number of nitrogens with one attached hydrogen (secondary N) is 1. The predicted octanol–water partition coefficient (Wildman–Crippen LogP) is 8.34. The molecular formula is C34H57NO5S. The van der Waals surface area contributed by atoms with Crippen molar-refractivity contribution in [2.24, 2.45) is 0 Å². The van der Waals surface area contributed by atoms with E-state index < -0.39 is 28.0 Å². The van der Waals surface area contributed by atoms with Crippen LogP contribution in [0.4, 0.5) is 0 Å². The lowest BCUT2D eigenvalue weighted by Crippen LogP contribution is -2.46. The van der Waals surface area contributed by atoms with Crippen molar-refractivity contribution < 1.29 is 22.9 Å². The van der Waals surface area contributed by atoms with Crippen molar-refractivity contribution in [3.8, 4) is 0 Å². The van der Waals surface area contributed by atoms with E-state index in [0.29, 0.717) is 12.8 Å². The molecule has 234 valence electrons. The summed E-state index contributed by atoms with van der Waals surface area (Å²) in [7, 11) is -4.37. The molecule has 0 aliphatic heterocycles. The first-order valence-electron chi connectivity index (χ1n) is 15.6. The second-order valence-corrected chi connectivity index (χ2v) is 11.8. The second-order valence-electron chi connectivity index (χ2n) is 10.3. The Morgan fingerprint density at radius 2 is 1.20 bits per heavy atom. The Labute approximate surface area is 251 Å². The third-order valence-corrected chi connectivity index (χ3v) is 7.16. The maximum absolute atomic E-state index is 12.3. The fourth-order valence-corrected chi connectivity index (χ4v) is 4.80. The minimum Gasteiger partial charge on any atom is -0.387 e. The van der Waals surface area contributed by atoms with E-state index in [2.05, 4.69) is 67.8 Å². The normalized spacial score (nSPS) is 14.5. The van der Waals surface area contributed by atoms with Gasteiger partial charge in [0.05, 0.1) is 17.9 Å². The van der Waals surface area contributed by atoms with Crippen molar-refractivity contribution in [3.63, 3.8) is 0 Å². The van der Waals surface area contributed by atoms with Gasteiger partial charge in [0.15, 0.2) is 0 Å². The van der Waals surface area contributed by atoms with Crippen LogP contribution in [0.3, 0.4) is 0 Å². The Hall–Kier alpha value is -2.22. The van der Waals surface area contributed by atoms with Crippen LogP contribution in [0.15, 0.2) is 72.9 Å². The van der Waals surface area contributed by atoms with E-state index in [9.17, 15) is 22.9 Å². The van der Waals surface area contributed by atoms with Gasteiger partial charge in [0.25, 0.3) is 10.1 Å². The van der Waals surface area contributed by atoms with Crippen molar-refractivity contribution in [3.05, 3.63) is 72.9 Å². The van der Waals surface area contributed by atoms with Gasteiger partial charge in [0.2, 0.25) is 5.91 Å². The summed E-state index contributed by atoms with van der Waals surface area (Å²) in [6.07, 6.45) is 39.0. The van der Waals surface area contributed by atoms with Crippen molar-refractivity contribution >= 4 is 16.0 Å². The SMILES string of the molecule is CC/C=C\C/C=C\C/C=C\C/C=C\CCC(=O)NC(CS(=O)(=O)O)C(O)/C=C/CC/C=C/CCCCCCCCC. The van der Waals surface area contributed by atoms with Crippen molar-refractivity contribution in [2.45, 2.75) is 129 Å². The zero-order chi connectivity index (χ0) is 30.4. The van der Waals surface area contributed by atoms with Gasteiger partial charge in [-0.3, -0.25) is 9.35 Å². The van der Waals surface area contributed by atoms with Crippen LogP contribution >= 0.6 is 0 Å². The highest BCUT2D eigenvalue weighted by molar-refractivity contribution is 7.85. The lowest BCUT2D eigenvalue weighted by atomic mass is 10.1. The van der Waals surface area contributed by atoms with Gasteiger partial charge in [0, 0.05) is 6.42 Å². The summed E-state index contributed by atoms with van der Waals surface area (Å²) in [6, 6.07) is -1.11. The first-order chi connectivity index (χ1) is 19.8. The summed E-state index contributed by atoms with van der Waals surface area (Å²) in [5.41, 5.74) is 0. The van der Waals surface area contributed by atoms with E-state index >= 15 is 0 Å². The minimum absolute atomic E-state index is 0.163. The summed E-state index contributed by atoms with van der Waals surface area (Å²) >= 11 is 0. The molecule has 0 bridgehead atoms. The molecule has 0 rings (SSSR count). The van der Waals surface area contributed by atoms with E-state index in [4.69, 9.17) is 0 Å². The summed E-state index contributed by atoms with van der Waals surface area (Å²) in [5.74, 6) is -1.12. The van der Waals surface area contributed by atoms with E-state index in [-0.39, 0.29) is 12.3 Å². The van der Waals surface area contributed by atoms with Gasteiger partial charge >= 0.3 is 0 Å². The number of aliphatic hydroxyl groups excluding tert-OH is 1. The summed E-state index contributed by atoms with van der Waals surface area (Å²) < 4.78 is 32.2. The fourth-order valence-electron chi connectivity index (χ4n) is 4.06. The van der Waals surface area contributed by atoms with Gasteiger partial charge in [-0.2, -0.15) is 8.42 Å². The molecular weight excluding hydrogens is 534 g/mol. The van der Waals surface area contributed by atoms with Crippen LogP contribution in [0.5, 0.6) is 0 Å². The van der Waals surface area contributed by atoms with Gasteiger partial charge < -0.3 is 10.4 Å². The largest absolute Gasteiger partial charge is 0.387 e. The summed E-state index contributed by atoms with van der Waals surface area (Å²) in [4.78, 5) is 12.3. The summed E-state index contributed by atoms with van der Waals surface area (Å²) in [5, 5.41) is 13.0. The molecule has 2 unspecified atom stereocenters. The predicted molar refractivity (Wildman–Crippen MR) is 174 cm³/mol. The lowest BCUT2D eigenvalue weighted by Gasteiger charge is -2.20. The molecule has 6 nitrogen and oxygen atoms in total. The van der Waals surface area contributed by atoms with Crippen molar-refractivity contribution in [1.82, 2.24) is 5.32 Å². The molecule has 0 fully saturated rings. The van der Waals surface area contributed by atoms with Crippen LogP contribution in [0.2, 0.25) is 0 Å². The summed E-state index contributed by atoms with van der Waals surface area (Å²) in [6.45, 7) is 4.35. The smallest absolute Gasteiger partial charge is 0.267 e. The molecule has 0 aliphatic carbocycles. The molecule has 0 heterocycles. The topological polar surface area (TPSA) is 104 Å². The van der Waals surface area contributed by atoms with Crippen LogP contribution < -0.4 is 5.32 Å². The van der Waals surface area contributed by atoms with Crippen LogP contribution in [0, 0.1) is 0 Å². The molecule has 0 saturated carbocycles. The van der Waals surface area contributed by atoms with E-state index in [1.54, 1.807) is 6.08 Å². The quantitative estimate of drug-likeness (QED) is 0.0533. The minimum atomic E-state index is -4.37. The number of rotatable bonds is 26. The van der Waals surface area contributed by atoms with E-state index in [0.717, 1.165) is 38.5 Å². The molecule has 41 heavy (non-hydrogen) atoms. The molecule has 0 aliphatic rings. The molecule has 0 radical (unpaired) electrons. The number of unbranched alkanes of at least 4 members (excludes halogenated alkanes) is 8. The fraction of sp³-hybridized carbons (Fsp3) is 0.618. The average molecular weight is 592 g/mol. The maximum atomic E-state index is 12.3. The zero-order valence-corrected chi connectivity index (χ0v) is 26.4. The molecule has 0 aromatic carbocycles. The highest BCUT2D eigenvalue weighted by atomic mass is 32.2. The highest BCUT2D eigenvalue weighted by Crippen LogP contribution is 2.09. The molecule has 0 aromatic rings. The first-order valence-corrected chi connectivity index (χ1v) is 17.2. The Morgan fingerprint density at radius 1 is 0.683 bits per heavy atom. The Balaban J connectivity index is 4.30. The first kappa shape index (κ1) is 38.8. The van der Waals surface area contributed by atoms with Gasteiger partial charge in [-0.15, -0.1) is 0 Å². The Morgan fingerprint density at radius 3 is 1.80 bits per heavy atom. The van der Waals surface area contributed by atoms with Gasteiger partial charge in [-0.05, 0) is 57.8 Å². The number of hydrogen-bond acceptors (Lipinski definition) is 4. The van der Waals surface area contributed by atoms with Crippen LogP contribution in [-0.4, -0.2) is 41.9 Å². The van der Waals surface area contributed by atoms with Gasteiger partial charge in [0.1, 0.15) is 0 Å². The molecule has 7 heteroatoms. The van der Waals surface area contributed by atoms with Crippen LogP contribution in [0.1, 0.15) is 117 Å². The standard InChI is InChI=1S/C34H57NO5S/c1-3-5-7-9-11-13-15-17-19-21-23-25-27-29-33(36)32(31-41(38,39)40)35-34(37)30-28-26-24-22-20-18-16-14-12-10-8-6-4-2/h6,8,12,14,18-21,24,26-27,29,32-33,36H,3-5,7,9-11,13,15-17,22-23,25,28,30-31H2,1-2H3,(H,35,37)(H,38,39,40)/b8-6-,14-12-,20-18-,21-19+,26-24-,29-27+. The molecule has 0 spiro atoms. The number of hydrogen-bond donors (Lipinski definition) is 3. The average Bonchev–Trinajstić information content (AvgIpc) is 2.92. The highest BCUT2D eigenvalue weighted by Gasteiger charge is 2.24. The molecule has 2 atom stereocenters. The number of allylic oxidation sites excluding steroid dienone is 11. The number of carbonyl (C=O) groups excluding carboxylic acids is 1. The van der Waals surface area contributed by atoms with E-state index in [1.807, 2.05) is 12.2 Å². The Bertz CT molecular complexity index is 915. The third-order valence-electron chi connectivity index (χ3n) is 6.38. The number of amides is 1. The lowest BCUT2D eigenvalue weighted by molar-refractivity contribution is -0.122. The second kappa shape index (κ2) is 27.9. The van der Waals surface area contributed by atoms with Gasteiger partial charge in [-0.25, -0.2) is 0 Å². The molecule has 3 N–H and O–H groups in total. The molecule has 0 aromatic heterocycles. The molecule has 0 saturated heterocycles. The van der Waals surface area contributed by atoms with Crippen molar-refractivity contribution in [2.75, 3.05) is 5.75 Å². The van der Waals surface area contributed by atoms with Crippen molar-refractivity contribution in [1.29, 1.82) is 0 Å².